The smallest absolute Gasteiger partial charge is 0.319 e. The molecule has 0 saturated carbocycles. The molecule has 3 atom stereocenters. The fraction of sp³-hybridized carbons (Fsp3) is 0.406. The highest BCUT2D eigenvalue weighted by Crippen LogP contribution is 2.37. The number of likely N-dealkylation sites (tertiary alicyclic amines) is 1. The van der Waals surface area contributed by atoms with Crippen molar-refractivity contribution in [3.63, 3.8) is 0 Å². The SMILES string of the molecule is CN1CCC[C@H]1COc1nc(N2CC3CCC(C2)N3)c2cnc(-c3cccc4cccc(C#CCO)c34)c(F)c2n1. The number of hydrogen-bond acceptors (Lipinski definition) is 8. The first-order valence-corrected chi connectivity index (χ1v) is 14.4. The predicted molar refractivity (Wildman–Crippen MR) is 158 cm³/mol. The molecule has 2 aromatic carbocycles. The van der Waals surface area contributed by atoms with Crippen LogP contribution in [0.1, 0.15) is 31.2 Å². The first-order valence-electron chi connectivity index (χ1n) is 14.4. The maximum Gasteiger partial charge on any atom is 0.319 e. The zero-order chi connectivity index (χ0) is 27.9. The average Bonchev–Trinajstić information content (AvgIpc) is 3.57. The van der Waals surface area contributed by atoms with Gasteiger partial charge in [0.15, 0.2) is 5.82 Å². The van der Waals surface area contributed by atoms with Crippen LogP contribution in [0.2, 0.25) is 0 Å². The minimum absolute atomic E-state index is 0.196. The monoisotopic (exact) mass is 552 g/mol. The van der Waals surface area contributed by atoms with E-state index < -0.39 is 5.82 Å². The van der Waals surface area contributed by atoms with Crippen LogP contribution in [0.3, 0.4) is 0 Å². The largest absolute Gasteiger partial charge is 0.462 e. The summed E-state index contributed by atoms with van der Waals surface area (Å²) in [6, 6.07) is 12.7. The molecule has 3 aliphatic heterocycles. The second-order valence-corrected chi connectivity index (χ2v) is 11.3. The van der Waals surface area contributed by atoms with Gasteiger partial charge >= 0.3 is 6.01 Å². The van der Waals surface area contributed by atoms with Gasteiger partial charge in [0.25, 0.3) is 0 Å². The molecule has 0 aliphatic carbocycles. The lowest BCUT2D eigenvalue weighted by atomic mass is 9.96. The second kappa shape index (κ2) is 10.9. The number of ether oxygens (including phenoxy) is 1. The predicted octanol–water partition coefficient (Wildman–Crippen LogP) is 3.74. The minimum atomic E-state index is -0.510. The normalized spacial score (nSPS) is 22.3. The van der Waals surface area contributed by atoms with E-state index in [1.54, 1.807) is 6.20 Å². The average molecular weight is 553 g/mol. The molecular formula is C32H33FN6O2. The van der Waals surface area contributed by atoms with E-state index in [9.17, 15) is 5.11 Å². The van der Waals surface area contributed by atoms with Crippen molar-refractivity contribution in [2.24, 2.45) is 0 Å². The van der Waals surface area contributed by atoms with Crippen LogP contribution in [-0.4, -0.2) is 83.0 Å². The highest BCUT2D eigenvalue weighted by molar-refractivity contribution is 6.02. The van der Waals surface area contributed by atoms with Gasteiger partial charge in [0.1, 0.15) is 30.2 Å². The van der Waals surface area contributed by atoms with E-state index in [0.717, 1.165) is 56.1 Å². The van der Waals surface area contributed by atoms with Crippen molar-refractivity contribution < 1.29 is 14.2 Å². The zero-order valence-corrected chi connectivity index (χ0v) is 23.1. The van der Waals surface area contributed by atoms with Crippen LogP contribution in [0.4, 0.5) is 10.2 Å². The number of rotatable bonds is 5. The number of piperazine rings is 1. The van der Waals surface area contributed by atoms with Gasteiger partial charge in [0.05, 0.1) is 5.39 Å². The number of fused-ring (bicyclic) bond motifs is 4. The van der Waals surface area contributed by atoms with Gasteiger partial charge in [-0.3, -0.25) is 4.98 Å². The Labute approximate surface area is 238 Å². The first-order chi connectivity index (χ1) is 20.1. The molecule has 2 N–H and O–H groups in total. The third-order valence-electron chi connectivity index (χ3n) is 8.70. The summed E-state index contributed by atoms with van der Waals surface area (Å²) >= 11 is 0. The van der Waals surface area contributed by atoms with Crippen molar-refractivity contribution in [1.29, 1.82) is 0 Å². The lowest BCUT2D eigenvalue weighted by Gasteiger charge is -2.34. The molecule has 2 aromatic heterocycles. The van der Waals surface area contributed by atoms with Gasteiger partial charge in [-0.1, -0.05) is 42.2 Å². The number of pyridine rings is 1. The van der Waals surface area contributed by atoms with E-state index in [2.05, 4.69) is 44.0 Å². The summed E-state index contributed by atoms with van der Waals surface area (Å²) in [7, 11) is 2.10. The molecule has 3 fully saturated rings. The number of benzene rings is 2. The lowest BCUT2D eigenvalue weighted by molar-refractivity contribution is 0.188. The van der Waals surface area contributed by atoms with Gasteiger partial charge in [0, 0.05) is 53.9 Å². The summed E-state index contributed by atoms with van der Waals surface area (Å²) < 4.78 is 22.8. The molecule has 3 saturated heterocycles. The van der Waals surface area contributed by atoms with Crippen molar-refractivity contribution >= 4 is 27.5 Å². The van der Waals surface area contributed by atoms with Crippen molar-refractivity contribution in [3.05, 3.63) is 54.0 Å². The Kier molecular flexibility index (Phi) is 6.91. The molecule has 9 heteroatoms. The molecule has 0 radical (unpaired) electrons. The van der Waals surface area contributed by atoms with E-state index >= 15 is 4.39 Å². The Bertz CT molecular complexity index is 1670. The van der Waals surface area contributed by atoms with Crippen LogP contribution < -0.4 is 15.0 Å². The summed E-state index contributed by atoms with van der Waals surface area (Å²) in [5.74, 6) is 5.90. The first kappa shape index (κ1) is 26.1. The molecule has 5 heterocycles. The standard InChI is InChI=1S/C32H33FN6O2/c1-38-14-4-10-24(38)19-41-32-36-30-26(31(37-32)39-17-22-12-13-23(18-39)35-22)16-34-29(28(30)33)25-11-3-8-20-6-2-7-21(27(20)25)9-5-15-40/h2-3,6-8,11,16,22-24,35,40H,4,10,12-15,17-19H2,1H3/t22?,23?,24-/m0/s1. The van der Waals surface area contributed by atoms with Gasteiger partial charge in [-0.2, -0.15) is 9.97 Å². The molecule has 7 rings (SSSR count). The van der Waals surface area contributed by atoms with E-state index in [1.807, 2.05) is 36.4 Å². The number of hydrogen-bond donors (Lipinski definition) is 2. The molecule has 4 aromatic rings. The highest BCUT2D eigenvalue weighted by atomic mass is 19.1. The zero-order valence-electron chi connectivity index (χ0n) is 23.1. The van der Waals surface area contributed by atoms with Crippen molar-refractivity contribution in [2.75, 3.05) is 44.8 Å². The van der Waals surface area contributed by atoms with Crippen LogP contribution in [0, 0.1) is 17.7 Å². The highest BCUT2D eigenvalue weighted by Gasteiger charge is 2.34. The molecule has 2 bridgehead atoms. The Morgan fingerprint density at radius 2 is 1.90 bits per heavy atom. The number of halogens is 1. The summed E-state index contributed by atoms with van der Waals surface area (Å²) in [6.45, 7) is 2.85. The quantitative estimate of drug-likeness (QED) is 0.362. The number of aliphatic hydroxyl groups is 1. The van der Waals surface area contributed by atoms with E-state index in [-0.39, 0.29) is 23.8 Å². The van der Waals surface area contributed by atoms with E-state index in [0.29, 0.717) is 47.1 Å². The number of nitrogens with one attached hydrogen (secondary N) is 1. The summed E-state index contributed by atoms with van der Waals surface area (Å²) in [5.41, 5.74) is 1.74. The van der Waals surface area contributed by atoms with Gasteiger partial charge in [-0.15, -0.1) is 0 Å². The van der Waals surface area contributed by atoms with Gasteiger partial charge in [-0.05, 0) is 50.7 Å². The van der Waals surface area contributed by atoms with Crippen LogP contribution in [0.25, 0.3) is 32.9 Å². The molecule has 3 aliphatic rings. The summed E-state index contributed by atoms with van der Waals surface area (Å²) in [5, 5.41) is 15.2. The summed E-state index contributed by atoms with van der Waals surface area (Å²) in [6.07, 6.45) is 6.14. The third kappa shape index (κ3) is 4.86. The van der Waals surface area contributed by atoms with E-state index in [4.69, 9.17) is 9.72 Å². The third-order valence-corrected chi connectivity index (χ3v) is 8.70. The Morgan fingerprint density at radius 1 is 1.10 bits per heavy atom. The van der Waals surface area contributed by atoms with Crippen LogP contribution in [0.15, 0.2) is 42.6 Å². The molecular weight excluding hydrogens is 519 g/mol. The Balaban J connectivity index is 1.36. The molecule has 8 nitrogen and oxygen atoms in total. The van der Waals surface area contributed by atoms with Gasteiger partial charge in [-0.25, -0.2) is 4.39 Å². The fourth-order valence-electron chi connectivity index (χ4n) is 6.62. The maximum absolute atomic E-state index is 16.6. The number of aliphatic hydroxyl groups excluding tert-OH is 1. The van der Waals surface area contributed by atoms with Crippen molar-refractivity contribution in [2.45, 2.75) is 43.8 Å². The van der Waals surface area contributed by atoms with Gasteiger partial charge in [0.2, 0.25) is 0 Å². The van der Waals surface area contributed by atoms with Crippen LogP contribution in [-0.2, 0) is 0 Å². The van der Waals surface area contributed by atoms with Crippen molar-refractivity contribution in [3.8, 4) is 29.1 Å². The fourth-order valence-corrected chi connectivity index (χ4v) is 6.62. The van der Waals surface area contributed by atoms with Crippen LogP contribution in [0.5, 0.6) is 6.01 Å². The number of anilines is 1. The summed E-state index contributed by atoms with van der Waals surface area (Å²) in [4.78, 5) is 18.7. The number of aromatic nitrogens is 3. The lowest BCUT2D eigenvalue weighted by Crippen LogP contribution is -2.51. The molecule has 41 heavy (non-hydrogen) atoms. The van der Waals surface area contributed by atoms with Gasteiger partial charge < -0.3 is 25.0 Å². The Morgan fingerprint density at radius 3 is 2.66 bits per heavy atom. The molecule has 0 spiro atoms. The van der Waals surface area contributed by atoms with E-state index in [1.165, 1.54) is 0 Å². The van der Waals surface area contributed by atoms with Crippen molar-refractivity contribution in [1.82, 2.24) is 25.2 Å². The Hall–Kier alpha value is -3.84. The number of nitrogens with zero attached hydrogens (tertiary/aromatic N) is 5. The molecule has 2 unspecified atom stereocenters. The minimum Gasteiger partial charge on any atom is -0.462 e. The number of likely N-dealkylation sites (N-methyl/N-ethyl adjacent to an activating group) is 1. The maximum atomic E-state index is 16.6. The molecule has 0 amide bonds. The molecule has 210 valence electrons. The second-order valence-electron chi connectivity index (χ2n) is 11.3. The van der Waals surface area contributed by atoms with Crippen LogP contribution >= 0.6 is 0 Å². The topological polar surface area (TPSA) is 86.6 Å².